The van der Waals surface area contributed by atoms with E-state index in [0.29, 0.717) is 17.8 Å². The third kappa shape index (κ3) is 2.90. The van der Waals surface area contributed by atoms with Crippen molar-refractivity contribution in [1.82, 2.24) is 0 Å². The van der Waals surface area contributed by atoms with Crippen LogP contribution in [0.4, 0.5) is 0 Å². The molecule has 2 nitrogen and oxygen atoms in total. The SMILES string of the molecule is C=CC.Cc1cccc2c1C(C(=O)O)C1CC(C)CCC21. The summed E-state index contributed by atoms with van der Waals surface area (Å²) in [7, 11) is 0. The average Bonchev–Trinajstić information content (AvgIpc) is 2.74. The number of allylic oxidation sites excluding steroid dienone is 1. The van der Waals surface area contributed by atoms with E-state index in [9.17, 15) is 9.90 Å². The molecule has 2 aliphatic carbocycles. The predicted molar refractivity (Wildman–Crippen MR) is 86.7 cm³/mol. The molecule has 1 aromatic rings. The molecule has 1 fully saturated rings. The Hall–Kier alpha value is -1.57. The summed E-state index contributed by atoms with van der Waals surface area (Å²) >= 11 is 0. The standard InChI is InChI=1S/C16H20O2.C3H6/c1-9-6-7-11-12-5-3-4-10(2)14(12)15(16(17)18)13(11)8-9;1-3-2/h3-5,9,11,13,15H,6-8H2,1-2H3,(H,17,18);3H,1H2,2H3. The second-order valence-corrected chi connectivity index (χ2v) is 6.49. The van der Waals surface area contributed by atoms with Crippen molar-refractivity contribution in [3.8, 4) is 0 Å². The summed E-state index contributed by atoms with van der Waals surface area (Å²) in [4.78, 5) is 11.7. The summed E-state index contributed by atoms with van der Waals surface area (Å²) < 4.78 is 0. The van der Waals surface area contributed by atoms with Gasteiger partial charge in [0, 0.05) is 0 Å². The number of rotatable bonds is 1. The van der Waals surface area contributed by atoms with Crippen molar-refractivity contribution >= 4 is 5.97 Å². The third-order valence-electron chi connectivity index (χ3n) is 4.92. The average molecular weight is 286 g/mol. The summed E-state index contributed by atoms with van der Waals surface area (Å²) in [5, 5.41) is 9.61. The lowest BCUT2D eigenvalue weighted by molar-refractivity contribution is -0.140. The van der Waals surface area contributed by atoms with E-state index in [1.807, 2.05) is 6.92 Å². The minimum absolute atomic E-state index is 0.269. The maximum atomic E-state index is 11.7. The molecule has 0 radical (unpaired) electrons. The molecule has 114 valence electrons. The molecule has 21 heavy (non-hydrogen) atoms. The van der Waals surface area contributed by atoms with Crippen LogP contribution in [0.5, 0.6) is 0 Å². The molecule has 0 saturated heterocycles. The molecule has 2 heteroatoms. The monoisotopic (exact) mass is 286 g/mol. The summed E-state index contributed by atoms with van der Waals surface area (Å²) in [5.41, 5.74) is 3.59. The number of hydrogen-bond acceptors (Lipinski definition) is 1. The highest BCUT2D eigenvalue weighted by molar-refractivity contribution is 5.79. The van der Waals surface area contributed by atoms with Crippen LogP contribution in [-0.4, -0.2) is 11.1 Å². The zero-order valence-corrected chi connectivity index (χ0v) is 13.3. The molecule has 0 heterocycles. The first-order valence-electron chi connectivity index (χ1n) is 7.90. The number of carboxylic acid groups (broad SMARTS) is 1. The molecule has 1 N–H and O–H groups in total. The second kappa shape index (κ2) is 6.46. The molecule has 0 aromatic heterocycles. The molecule has 1 saturated carbocycles. The van der Waals surface area contributed by atoms with Crippen molar-refractivity contribution in [1.29, 1.82) is 0 Å². The lowest BCUT2D eigenvalue weighted by Crippen LogP contribution is -2.25. The van der Waals surface area contributed by atoms with Crippen molar-refractivity contribution < 1.29 is 9.90 Å². The van der Waals surface area contributed by atoms with Gasteiger partial charge in [0.1, 0.15) is 0 Å². The van der Waals surface area contributed by atoms with Crippen molar-refractivity contribution in [2.75, 3.05) is 0 Å². The van der Waals surface area contributed by atoms with Crippen LogP contribution in [-0.2, 0) is 4.79 Å². The molecular weight excluding hydrogens is 260 g/mol. The minimum Gasteiger partial charge on any atom is -0.481 e. The number of carboxylic acids is 1. The Kier molecular flexibility index (Phi) is 4.87. The zero-order valence-electron chi connectivity index (χ0n) is 13.3. The van der Waals surface area contributed by atoms with Crippen molar-refractivity contribution in [2.24, 2.45) is 11.8 Å². The van der Waals surface area contributed by atoms with Crippen molar-refractivity contribution in [3.05, 3.63) is 47.5 Å². The number of benzene rings is 1. The van der Waals surface area contributed by atoms with Crippen molar-refractivity contribution in [3.63, 3.8) is 0 Å². The summed E-state index contributed by atoms with van der Waals surface area (Å²) in [6.45, 7) is 9.56. The van der Waals surface area contributed by atoms with E-state index >= 15 is 0 Å². The van der Waals surface area contributed by atoms with Crippen molar-refractivity contribution in [2.45, 2.75) is 51.9 Å². The highest BCUT2D eigenvalue weighted by atomic mass is 16.4. The van der Waals surface area contributed by atoms with Crippen LogP contribution in [0.15, 0.2) is 30.9 Å². The maximum absolute atomic E-state index is 11.7. The molecule has 4 unspecified atom stereocenters. The normalized spacial score (nSPS) is 29.7. The summed E-state index contributed by atoms with van der Waals surface area (Å²) in [5.74, 6) is 0.573. The lowest BCUT2D eigenvalue weighted by Gasteiger charge is -2.32. The second-order valence-electron chi connectivity index (χ2n) is 6.49. The number of fused-ring (bicyclic) bond motifs is 3. The van der Waals surface area contributed by atoms with Gasteiger partial charge in [-0.05, 0) is 61.1 Å². The highest BCUT2D eigenvalue weighted by Crippen LogP contribution is 2.55. The zero-order chi connectivity index (χ0) is 15.6. The van der Waals surface area contributed by atoms with E-state index in [1.54, 1.807) is 6.08 Å². The fraction of sp³-hybridized carbons (Fsp3) is 0.526. The largest absolute Gasteiger partial charge is 0.481 e. The number of carbonyl (C=O) groups is 1. The van der Waals surface area contributed by atoms with Crippen LogP contribution in [0.3, 0.4) is 0 Å². The van der Waals surface area contributed by atoms with Crippen LogP contribution in [0.25, 0.3) is 0 Å². The summed E-state index contributed by atoms with van der Waals surface area (Å²) in [6, 6.07) is 6.28. The van der Waals surface area contributed by atoms with Gasteiger partial charge in [0.25, 0.3) is 0 Å². The van der Waals surface area contributed by atoms with Gasteiger partial charge in [0.05, 0.1) is 5.92 Å². The fourth-order valence-electron chi connectivity index (χ4n) is 4.15. The quantitative estimate of drug-likeness (QED) is 0.746. The van der Waals surface area contributed by atoms with Crippen LogP contribution in [0.1, 0.15) is 61.6 Å². The van der Waals surface area contributed by atoms with Gasteiger partial charge in [-0.1, -0.05) is 37.6 Å². The van der Waals surface area contributed by atoms with E-state index in [-0.39, 0.29) is 5.92 Å². The van der Waals surface area contributed by atoms with Gasteiger partial charge in [0.2, 0.25) is 0 Å². The van der Waals surface area contributed by atoms with Crippen LogP contribution in [0, 0.1) is 18.8 Å². The Morgan fingerprint density at radius 2 is 2.05 bits per heavy atom. The fourth-order valence-corrected chi connectivity index (χ4v) is 4.15. The Balaban J connectivity index is 0.000000497. The predicted octanol–water partition coefficient (Wildman–Crippen LogP) is 4.89. The Bertz CT molecular complexity index is 532. The molecule has 3 rings (SSSR count). The third-order valence-corrected chi connectivity index (χ3v) is 4.92. The number of aryl methyl sites for hydroxylation is 1. The van der Waals surface area contributed by atoms with E-state index in [0.717, 1.165) is 24.0 Å². The molecule has 0 aliphatic heterocycles. The van der Waals surface area contributed by atoms with Gasteiger partial charge in [0.15, 0.2) is 0 Å². The Morgan fingerprint density at radius 1 is 1.38 bits per heavy atom. The van der Waals surface area contributed by atoms with Crippen LogP contribution in [0.2, 0.25) is 0 Å². The van der Waals surface area contributed by atoms with E-state index in [1.165, 1.54) is 12.0 Å². The van der Waals surface area contributed by atoms with Gasteiger partial charge in [-0.25, -0.2) is 0 Å². The minimum atomic E-state index is -0.632. The molecule has 4 atom stereocenters. The first kappa shape index (κ1) is 15.8. The van der Waals surface area contributed by atoms with E-state index in [4.69, 9.17) is 0 Å². The van der Waals surface area contributed by atoms with Gasteiger partial charge < -0.3 is 5.11 Å². The smallest absolute Gasteiger partial charge is 0.311 e. The number of hydrogen-bond donors (Lipinski definition) is 1. The number of aliphatic carboxylic acids is 1. The first-order chi connectivity index (χ1) is 10.0. The van der Waals surface area contributed by atoms with Gasteiger partial charge in [-0.2, -0.15) is 0 Å². The molecule has 0 amide bonds. The molecule has 2 aliphatic rings. The Morgan fingerprint density at radius 3 is 2.67 bits per heavy atom. The van der Waals surface area contributed by atoms with E-state index in [2.05, 4.69) is 38.6 Å². The molecule has 1 aromatic carbocycles. The topological polar surface area (TPSA) is 37.3 Å². The van der Waals surface area contributed by atoms with E-state index < -0.39 is 5.97 Å². The van der Waals surface area contributed by atoms with Crippen LogP contribution >= 0.6 is 0 Å². The first-order valence-corrected chi connectivity index (χ1v) is 7.90. The molecular formula is C19H26O2. The van der Waals surface area contributed by atoms with Crippen LogP contribution < -0.4 is 0 Å². The van der Waals surface area contributed by atoms with Gasteiger partial charge in [-0.3, -0.25) is 4.79 Å². The lowest BCUT2D eigenvalue weighted by atomic mass is 9.72. The molecule has 0 bridgehead atoms. The van der Waals surface area contributed by atoms with Gasteiger partial charge >= 0.3 is 5.97 Å². The Labute approximate surface area is 127 Å². The van der Waals surface area contributed by atoms with Gasteiger partial charge in [-0.15, -0.1) is 6.58 Å². The summed E-state index contributed by atoms with van der Waals surface area (Å²) in [6.07, 6.45) is 5.21. The highest BCUT2D eigenvalue weighted by Gasteiger charge is 2.46. The maximum Gasteiger partial charge on any atom is 0.311 e. The molecule has 0 spiro atoms.